The van der Waals surface area contributed by atoms with Crippen molar-refractivity contribution in [3.05, 3.63) is 89.4 Å². The highest BCUT2D eigenvalue weighted by Crippen LogP contribution is 2.27. The average molecular weight is 404 g/mol. The van der Waals surface area contributed by atoms with Crippen molar-refractivity contribution in [2.45, 2.75) is 6.42 Å². The Morgan fingerprint density at radius 3 is 2.55 bits per heavy atom. The summed E-state index contributed by atoms with van der Waals surface area (Å²) in [5.41, 5.74) is 3.34. The summed E-state index contributed by atoms with van der Waals surface area (Å²) in [6, 6.07) is 21.6. The molecule has 0 spiro atoms. The molecule has 0 bridgehead atoms. The molecule has 0 atom stereocenters. The second-order valence-corrected chi connectivity index (χ2v) is 7.45. The number of aromatic nitrogens is 2. The van der Waals surface area contributed by atoms with Crippen LogP contribution < -0.4 is 10.1 Å². The maximum absolute atomic E-state index is 12.9. The minimum atomic E-state index is -0.121. The van der Waals surface area contributed by atoms with E-state index in [1.807, 2.05) is 72.1 Å². The summed E-state index contributed by atoms with van der Waals surface area (Å²) in [6.07, 6.45) is 2.55. The van der Waals surface area contributed by atoms with E-state index >= 15 is 0 Å². The molecule has 0 aliphatic heterocycles. The largest absolute Gasteiger partial charge is 0.497 e. The molecule has 0 saturated heterocycles. The number of hydrogen-bond acceptors (Lipinski definition) is 4. The van der Waals surface area contributed by atoms with Crippen LogP contribution in [0.4, 0.5) is 0 Å². The van der Waals surface area contributed by atoms with Gasteiger partial charge in [-0.3, -0.25) is 4.79 Å². The zero-order valence-electron chi connectivity index (χ0n) is 16.0. The predicted molar refractivity (Wildman–Crippen MR) is 116 cm³/mol. The summed E-state index contributed by atoms with van der Waals surface area (Å²) in [7, 11) is 1.65. The molecule has 0 aliphatic carbocycles. The first-order valence-electron chi connectivity index (χ1n) is 9.34. The number of nitrogens with zero attached hydrogens (tertiary/aromatic N) is 2. The van der Waals surface area contributed by atoms with E-state index in [1.54, 1.807) is 29.3 Å². The van der Waals surface area contributed by atoms with Crippen molar-refractivity contribution < 1.29 is 9.53 Å². The van der Waals surface area contributed by atoms with Crippen molar-refractivity contribution in [3.63, 3.8) is 0 Å². The smallest absolute Gasteiger partial charge is 0.255 e. The Kier molecular flexibility index (Phi) is 5.72. The Bertz CT molecular complexity index is 1070. The first-order valence-corrected chi connectivity index (χ1v) is 10.2. The molecule has 2 aromatic carbocycles. The summed E-state index contributed by atoms with van der Waals surface area (Å²) >= 11 is 1.57. The van der Waals surface area contributed by atoms with Gasteiger partial charge in [0.1, 0.15) is 11.4 Å². The molecule has 0 saturated carbocycles. The number of methoxy groups -OCH3 is 1. The Hall–Kier alpha value is -3.38. The third-order valence-electron chi connectivity index (χ3n) is 4.59. The lowest BCUT2D eigenvalue weighted by Gasteiger charge is -2.06. The minimum Gasteiger partial charge on any atom is -0.497 e. The van der Waals surface area contributed by atoms with Gasteiger partial charge in [0, 0.05) is 12.7 Å². The van der Waals surface area contributed by atoms with Crippen LogP contribution >= 0.6 is 11.3 Å². The molecule has 0 fully saturated rings. The molecule has 1 amide bonds. The molecule has 0 aliphatic rings. The van der Waals surface area contributed by atoms with Crippen molar-refractivity contribution in [1.82, 2.24) is 15.1 Å². The fraction of sp³-hybridized carbons (Fsp3) is 0.130. The molecular weight excluding hydrogens is 382 g/mol. The highest BCUT2D eigenvalue weighted by molar-refractivity contribution is 7.13. The van der Waals surface area contributed by atoms with Gasteiger partial charge in [0.25, 0.3) is 5.91 Å². The number of benzene rings is 2. The monoisotopic (exact) mass is 403 g/mol. The van der Waals surface area contributed by atoms with Crippen LogP contribution in [0, 0.1) is 0 Å². The van der Waals surface area contributed by atoms with Crippen molar-refractivity contribution in [3.8, 4) is 22.0 Å². The second-order valence-electron chi connectivity index (χ2n) is 6.50. The quantitative estimate of drug-likeness (QED) is 0.491. The van der Waals surface area contributed by atoms with Crippen molar-refractivity contribution in [2.75, 3.05) is 13.7 Å². The third-order valence-corrected chi connectivity index (χ3v) is 5.47. The number of nitrogens with one attached hydrogen (secondary N) is 1. The number of carbonyl (C=O) groups excluding carboxylic acids is 1. The van der Waals surface area contributed by atoms with Crippen LogP contribution in [-0.2, 0) is 6.42 Å². The van der Waals surface area contributed by atoms with Crippen LogP contribution in [0.1, 0.15) is 15.9 Å². The Balaban J connectivity index is 1.51. The van der Waals surface area contributed by atoms with Crippen LogP contribution in [0.5, 0.6) is 5.75 Å². The van der Waals surface area contributed by atoms with Gasteiger partial charge < -0.3 is 10.1 Å². The van der Waals surface area contributed by atoms with Crippen LogP contribution in [0.2, 0.25) is 0 Å². The number of ether oxygens (including phenoxy) is 1. The molecule has 146 valence electrons. The first kappa shape index (κ1) is 19.0. The normalized spacial score (nSPS) is 10.7. The highest BCUT2D eigenvalue weighted by Gasteiger charge is 2.19. The third kappa shape index (κ3) is 4.38. The molecule has 1 N–H and O–H groups in total. The number of para-hydroxylation sites is 1. The summed E-state index contributed by atoms with van der Waals surface area (Å²) in [4.78, 5) is 13.9. The fourth-order valence-electron chi connectivity index (χ4n) is 3.06. The predicted octanol–water partition coefficient (Wildman–Crippen LogP) is 4.58. The van der Waals surface area contributed by atoms with Gasteiger partial charge in [0.2, 0.25) is 0 Å². The van der Waals surface area contributed by atoms with Gasteiger partial charge in [-0.1, -0.05) is 36.4 Å². The van der Waals surface area contributed by atoms with E-state index < -0.39 is 0 Å². The molecule has 0 radical (unpaired) electrons. The molecule has 0 unspecified atom stereocenters. The summed E-state index contributed by atoms with van der Waals surface area (Å²) in [5, 5.41) is 9.69. The van der Waals surface area contributed by atoms with Crippen LogP contribution in [0.15, 0.2) is 78.3 Å². The zero-order chi connectivity index (χ0) is 20.1. The van der Waals surface area contributed by atoms with E-state index in [4.69, 9.17) is 4.74 Å². The molecule has 4 aromatic rings. The van der Waals surface area contributed by atoms with Gasteiger partial charge >= 0.3 is 0 Å². The first-order chi connectivity index (χ1) is 14.2. The molecule has 4 rings (SSSR count). The van der Waals surface area contributed by atoms with E-state index in [-0.39, 0.29) is 5.91 Å². The number of hydrogen-bond donors (Lipinski definition) is 1. The van der Waals surface area contributed by atoms with Gasteiger partial charge in [-0.25, -0.2) is 4.68 Å². The molecule has 5 nitrogen and oxygen atoms in total. The van der Waals surface area contributed by atoms with Crippen molar-refractivity contribution in [2.24, 2.45) is 0 Å². The van der Waals surface area contributed by atoms with Crippen LogP contribution in [0.25, 0.3) is 16.3 Å². The van der Waals surface area contributed by atoms with Crippen molar-refractivity contribution in [1.29, 1.82) is 0 Å². The number of thiophene rings is 1. The zero-order valence-corrected chi connectivity index (χ0v) is 16.9. The molecular formula is C23H21N3O2S. The summed E-state index contributed by atoms with van der Waals surface area (Å²) in [6.45, 7) is 0.547. The van der Waals surface area contributed by atoms with Gasteiger partial charge in [0.05, 0.1) is 23.2 Å². The van der Waals surface area contributed by atoms with Gasteiger partial charge in [0.15, 0.2) is 0 Å². The molecule has 29 heavy (non-hydrogen) atoms. The van der Waals surface area contributed by atoms with E-state index in [1.165, 1.54) is 0 Å². The van der Waals surface area contributed by atoms with E-state index in [0.29, 0.717) is 17.8 Å². The maximum atomic E-state index is 12.9. The molecule has 6 heteroatoms. The lowest BCUT2D eigenvalue weighted by atomic mass is 10.1. The standard InChI is InChI=1S/C23H21N3O2S/c1-28-19-11-9-17(10-12-19)13-14-24-23(27)20-16-26(18-6-3-2-4-7-18)25-22(20)21-8-5-15-29-21/h2-12,15-16H,13-14H2,1H3,(H,24,27). The highest BCUT2D eigenvalue weighted by atomic mass is 32.1. The fourth-order valence-corrected chi connectivity index (χ4v) is 3.78. The van der Waals surface area contributed by atoms with Gasteiger partial charge in [-0.05, 0) is 47.7 Å². The maximum Gasteiger partial charge on any atom is 0.255 e. The minimum absolute atomic E-state index is 0.121. The van der Waals surface area contributed by atoms with Crippen LogP contribution in [-0.4, -0.2) is 29.3 Å². The number of carbonyl (C=O) groups is 1. The second kappa shape index (κ2) is 8.75. The summed E-state index contributed by atoms with van der Waals surface area (Å²) < 4.78 is 6.94. The molecule has 2 aromatic heterocycles. The lowest BCUT2D eigenvalue weighted by molar-refractivity contribution is 0.0955. The van der Waals surface area contributed by atoms with Crippen molar-refractivity contribution >= 4 is 17.2 Å². The Morgan fingerprint density at radius 1 is 1.07 bits per heavy atom. The lowest BCUT2D eigenvalue weighted by Crippen LogP contribution is -2.25. The number of rotatable bonds is 7. The van der Waals surface area contributed by atoms with E-state index in [2.05, 4.69) is 10.4 Å². The van der Waals surface area contributed by atoms with Gasteiger partial charge in [-0.2, -0.15) is 5.10 Å². The van der Waals surface area contributed by atoms with E-state index in [0.717, 1.165) is 28.3 Å². The SMILES string of the molecule is COc1ccc(CCNC(=O)c2cn(-c3ccccc3)nc2-c2cccs2)cc1. The van der Waals surface area contributed by atoms with Gasteiger partial charge in [-0.15, -0.1) is 11.3 Å². The van der Waals surface area contributed by atoms with E-state index in [9.17, 15) is 4.79 Å². The Morgan fingerprint density at radius 2 is 1.86 bits per heavy atom. The Labute approximate surface area is 173 Å². The summed E-state index contributed by atoms with van der Waals surface area (Å²) in [5.74, 6) is 0.704. The topological polar surface area (TPSA) is 56.1 Å². The van der Waals surface area contributed by atoms with Crippen LogP contribution in [0.3, 0.4) is 0 Å². The molecule has 2 heterocycles. The average Bonchev–Trinajstić information content (AvgIpc) is 3.45. The number of amides is 1.